The van der Waals surface area contributed by atoms with Gasteiger partial charge in [-0.25, -0.2) is 15.0 Å². The van der Waals surface area contributed by atoms with Crippen molar-refractivity contribution in [2.75, 3.05) is 16.8 Å². The normalized spacial score (nSPS) is 13.8. The molecule has 5 aromatic heterocycles. The smallest absolute Gasteiger partial charge is 0.293 e. The molecule has 0 fully saturated rings. The number of nitrogens with zero attached hydrogens (tertiary/aromatic N) is 7. The average Bonchev–Trinajstić information content (AvgIpc) is 3.63. The van der Waals surface area contributed by atoms with Crippen molar-refractivity contribution in [1.29, 1.82) is 0 Å². The number of rotatable bonds is 9. The lowest BCUT2D eigenvalue weighted by atomic mass is 9.90. The van der Waals surface area contributed by atoms with Crippen molar-refractivity contribution in [3.63, 3.8) is 0 Å². The minimum Gasteiger partial charge on any atom is -0.392 e. The van der Waals surface area contributed by atoms with Gasteiger partial charge in [0.1, 0.15) is 11.5 Å². The fraction of sp³-hybridized carbons (Fsp3) is 0.323. The van der Waals surface area contributed by atoms with E-state index in [2.05, 4.69) is 51.7 Å². The molecule has 11 heteroatoms. The second-order valence-corrected chi connectivity index (χ2v) is 11.7. The maximum atomic E-state index is 13.0. The molecule has 0 saturated carbocycles. The van der Waals surface area contributed by atoms with Crippen LogP contribution in [0, 0.1) is 12.3 Å². The van der Waals surface area contributed by atoms with E-state index in [-0.39, 0.29) is 23.4 Å². The summed E-state index contributed by atoms with van der Waals surface area (Å²) < 4.78 is 5.59. The van der Waals surface area contributed by atoms with E-state index < -0.39 is 0 Å². The molecule has 0 aromatic carbocycles. The van der Waals surface area contributed by atoms with Crippen LogP contribution >= 0.6 is 0 Å². The van der Waals surface area contributed by atoms with Crippen molar-refractivity contribution in [2.24, 2.45) is 12.5 Å². The molecule has 1 aliphatic rings. The summed E-state index contributed by atoms with van der Waals surface area (Å²) in [6.45, 7) is 7.29. The van der Waals surface area contributed by atoms with Gasteiger partial charge < -0.3 is 24.0 Å². The predicted molar refractivity (Wildman–Crippen MR) is 161 cm³/mol. The van der Waals surface area contributed by atoms with Crippen LogP contribution in [0.25, 0.3) is 16.9 Å². The standard InChI is InChI=1S/C31H34N8O3/c1-20-13-21-15-31(2,3)16-26(21)39(20)12-11-38(19-41)29-24(18-40)23(5-7-33-29)25-17-36(4)30(42)28(35-25)34-22-6-9-37-10-8-32-27(37)14-22/h5-10,13-14,17,19,40H,11-12,15-16,18H2,1-4H3,(H,34,35). The first kappa shape index (κ1) is 27.4. The van der Waals surface area contributed by atoms with Gasteiger partial charge in [-0.1, -0.05) is 13.8 Å². The van der Waals surface area contributed by atoms with Gasteiger partial charge in [-0.2, -0.15) is 0 Å². The molecule has 0 bridgehead atoms. The van der Waals surface area contributed by atoms with Crippen LogP contribution in [0.4, 0.5) is 17.3 Å². The Kier molecular flexibility index (Phi) is 6.90. The second-order valence-electron chi connectivity index (χ2n) is 11.7. The summed E-state index contributed by atoms with van der Waals surface area (Å²) in [6.07, 6.45) is 11.4. The topological polar surface area (TPSA) is 123 Å². The number of fused-ring (bicyclic) bond motifs is 2. The van der Waals surface area contributed by atoms with E-state index in [1.807, 2.05) is 28.9 Å². The number of hydrogen-bond acceptors (Lipinski definition) is 7. The van der Waals surface area contributed by atoms with E-state index in [9.17, 15) is 14.7 Å². The molecular weight excluding hydrogens is 532 g/mol. The van der Waals surface area contributed by atoms with E-state index in [4.69, 9.17) is 0 Å². The van der Waals surface area contributed by atoms with Crippen LogP contribution in [0.15, 0.2) is 60.0 Å². The first-order valence-electron chi connectivity index (χ1n) is 13.9. The third kappa shape index (κ3) is 4.96. The minimum atomic E-state index is -0.362. The van der Waals surface area contributed by atoms with Gasteiger partial charge in [0.15, 0.2) is 5.82 Å². The molecule has 6 rings (SSSR count). The van der Waals surface area contributed by atoms with Crippen molar-refractivity contribution < 1.29 is 9.90 Å². The van der Waals surface area contributed by atoms with E-state index in [0.29, 0.717) is 41.4 Å². The number of carbonyl (C=O) groups is 1. The lowest BCUT2D eigenvalue weighted by Gasteiger charge is -2.23. The van der Waals surface area contributed by atoms with Crippen molar-refractivity contribution in [3.05, 3.63) is 88.1 Å². The summed E-state index contributed by atoms with van der Waals surface area (Å²) in [5.41, 5.74) is 6.68. The number of carbonyl (C=O) groups excluding carboxylic acids is 1. The van der Waals surface area contributed by atoms with Crippen LogP contribution in [-0.2, 0) is 37.8 Å². The highest BCUT2D eigenvalue weighted by atomic mass is 16.3. The molecule has 0 radical (unpaired) electrons. The molecule has 0 unspecified atom stereocenters. The van der Waals surface area contributed by atoms with Gasteiger partial charge in [-0.05, 0) is 48.9 Å². The van der Waals surface area contributed by atoms with Crippen molar-refractivity contribution in [1.82, 2.24) is 28.5 Å². The molecule has 0 aliphatic heterocycles. The minimum absolute atomic E-state index is 0.125. The van der Waals surface area contributed by atoms with Crippen molar-refractivity contribution >= 4 is 29.4 Å². The van der Waals surface area contributed by atoms with Gasteiger partial charge in [0.2, 0.25) is 6.41 Å². The molecule has 1 amide bonds. The summed E-state index contributed by atoms with van der Waals surface area (Å²) in [7, 11) is 1.65. The summed E-state index contributed by atoms with van der Waals surface area (Å²) in [6, 6.07) is 7.63. The van der Waals surface area contributed by atoms with Crippen molar-refractivity contribution in [3.8, 4) is 11.3 Å². The first-order valence-corrected chi connectivity index (χ1v) is 13.9. The van der Waals surface area contributed by atoms with Crippen LogP contribution in [0.2, 0.25) is 0 Å². The Morgan fingerprint density at radius 1 is 1.14 bits per heavy atom. The quantitative estimate of drug-likeness (QED) is 0.261. The van der Waals surface area contributed by atoms with Crippen molar-refractivity contribution in [2.45, 2.75) is 46.8 Å². The molecule has 11 nitrogen and oxygen atoms in total. The fourth-order valence-corrected chi connectivity index (χ4v) is 5.99. The Labute approximate surface area is 243 Å². The molecule has 42 heavy (non-hydrogen) atoms. The Hall–Kier alpha value is -4.77. The number of aromatic nitrogens is 6. The molecule has 0 atom stereocenters. The van der Waals surface area contributed by atoms with Crippen LogP contribution in [0.5, 0.6) is 0 Å². The van der Waals surface area contributed by atoms with Crippen LogP contribution in [0.1, 0.15) is 36.4 Å². The SMILES string of the molecule is Cc1cc2c(n1CCN(C=O)c1nccc(-c3cn(C)c(=O)c(Nc4ccn5ccnc5c4)n3)c1CO)CC(C)(C)C2. The lowest BCUT2D eigenvalue weighted by Crippen LogP contribution is -2.29. The summed E-state index contributed by atoms with van der Waals surface area (Å²) in [5.74, 6) is 0.488. The van der Waals surface area contributed by atoms with E-state index >= 15 is 0 Å². The second kappa shape index (κ2) is 10.6. The number of hydrogen-bond donors (Lipinski definition) is 2. The van der Waals surface area contributed by atoms with Crippen LogP contribution in [-0.4, -0.2) is 46.5 Å². The number of amides is 1. The summed E-state index contributed by atoms with van der Waals surface area (Å²) in [5, 5.41) is 13.6. The molecule has 0 spiro atoms. The Bertz CT molecular complexity index is 1870. The highest BCUT2D eigenvalue weighted by Crippen LogP contribution is 2.38. The molecular formula is C31H34N8O3. The molecule has 216 valence electrons. The van der Waals surface area contributed by atoms with Gasteiger partial charge in [-0.3, -0.25) is 14.5 Å². The third-order valence-corrected chi connectivity index (χ3v) is 7.98. The number of aryl methyl sites for hydroxylation is 2. The van der Waals surface area contributed by atoms with E-state index in [1.165, 1.54) is 26.4 Å². The Balaban J connectivity index is 1.31. The zero-order valence-electron chi connectivity index (χ0n) is 24.2. The largest absolute Gasteiger partial charge is 0.392 e. The van der Waals surface area contributed by atoms with E-state index in [0.717, 1.165) is 24.9 Å². The summed E-state index contributed by atoms with van der Waals surface area (Å²) >= 11 is 0. The maximum Gasteiger partial charge on any atom is 0.293 e. The Morgan fingerprint density at radius 3 is 2.76 bits per heavy atom. The zero-order chi connectivity index (χ0) is 29.6. The molecule has 5 heterocycles. The first-order chi connectivity index (χ1) is 20.2. The number of aliphatic hydroxyl groups is 1. The molecule has 5 aromatic rings. The van der Waals surface area contributed by atoms with Gasteiger partial charge in [0, 0.05) is 85.4 Å². The molecule has 0 saturated heterocycles. The highest BCUT2D eigenvalue weighted by molar-refractivity contribution is 5.79. The molecule has 2 N–H and O–H groups in total. The van der Waals surface area contributed by atoms with Gasteiger partial charge in [0.25, 0.3) is 5.56 Å². The number of aliphatic hydroxyl groups excluding tert-OH is 1. The number of nitrogens with one attached hydrogen (secondary N) is 1. The predicted octanol–water partition coefficient (Wildman–Crippen LogP) is 3.62. The number of pyridine rings is 2. The van der Waals surface area contributed by atoms with Gasteiger partial charge in [-0.15, -0.1) is 0 Å². The zero-order valence-corrected chi connectivity index (χ0v) is 24.2. The number of imidazole rings is 1. The van der Waals surface area contributed by atoms with Crippen LogP contribution < -0.4 is 15.8 Å². The fourth-order valence-electron chi connectivity index (χ4n) is 5.99. The Morgan fingerprint density at radius 2 is 1.98 bits per heavy atom. The third-order valence-electron chi connectivity index (χ3n) is 7.98. The highest BCUT2D eigenvalue weighted by Gasteiger charge is 2.32. The monoisotopic (exact) mass is 566 g/mol. The molecule has 1 aliphatic carbocycles. The lowest BCUT2D eigenvalue weighted by molar-refractivity contribution is -0.107. The van der Waals surface area contributed by atoms with Crippen LogP contribution in [0.3, 0.4) is 0 Å². The van der Waals surface area contributed by atoms with E-state index in [1.54, 1.807) is 31.7 Å². The average molecular weight is 567 g/mol. The van der Waals surface area contributed by atoms with Gasteiger partial charge >= 0.3 is 0 Å². The summed E-state index contributed by atoms with van der Waals surface area (Å²) in [4.78, 5) is 40.3. The van der Waals surface area contributed by atoms with Gasteiger partial charge in [0.05, 0.1) is 12.3 Å². The number of anilines is 3. The maximum absolute atomic E-state index is 13.0.